The van der Waals surface area contributed by atoms with Gasteiger partial charge in [-0.15, -0.1) is 0 Å². The first kappa shape index (κ1) is 18.1. The van der Waals surface area contributed by atoms with Crippen LogP contribution in [0.5, 0.6) is 0 Å². The number of ether oxygens (including phenoxy) is 2. The molecule has 24 heavy (non-hydrogen) atoms. The summed E-state index contributed by atoms with van der Waals surface area (Å²) >= 11 is 0. The molecule has 1 amide bonds. The third-order valence-electron chi connectivity index (χ3n) is 5.80. The molecule has 0 N–H and O–H groups in total. The highest BCUT2D eigenvalue weighted by atomic mass is 16.5. The molecule has 3 rings (SSSR count). The third kappa shape index (κ3) is 4.48. The number of hydrogen-bond acceptors (Lipinski definition) is 5. The van der Waals surface area contributed by atoms with Crippen LogP contribution in [-0.2, 0) is 14.3 Å². The molecule has 1 spiro atoms. The topological polar surface area (TPSA) is 45.2 Å². The van der Waals surface area contributed by atoms with E-state index in [-0.39, 0.29) is 11.3 Å². The second-order valence-corrected chi connectivity index (χ2v) is 8.02. The van der Waals surface area contributed by atoms with E-state index in [2.05, 4.69) is 28.8 Å². The van der Waals surface area contributed by atoms with Crippen molar-refractivity contribution in [2.75, 3.05) is 79.8 Å². The van der Waals surface area contributed by atoms with Gasteiger partial charge in [0.1, 0.15) is 0 Å². The van der Waals surface area contributed by atoms with Gasteiger partial charge in [0.05, 0.1) is 25.7 Å². The molecule has 3 aliphatic rings. The predicted molar refractivity (Wildman–Crippen MR) is 93.0 cm³/mol. The van der Waals surface area contributed by atoms with Crippen LogP contribution in [0.3, 0.4) is 0 Å². The summed E-state index contributed by atoms with van der Waals surface area (Å²) in [7, 11) is 4.25. The van der Waals surface area contributed by atoms with Gasteiger partial charge in [0.15, 0.2) is 0 Å². The van der Waals surface area contributed by atoms with E-state index in [9.17, 15) is 4.79 Å². The lowest BCUT2D eigenvalue weighted by atomic mass is 9.78. The van der Waals surface area contributed by atoms with E-state index in [0.29, 0.717) is 12.5 Å². The molecular weight excluding hydrogens is 306 g/mol. The zero-order valence-electron chi connectivity index (χ0n) is 15.3. The van der Waals surface area contributed by atoms with Gasteiger partial charge in [0.2, 0.25) is 5.91 Å². The van der Waals surface area contributed by atoms with Crippen molar-refractivity contribution in [1.29, 1.82) is 0 Å². The molecule has 3 fully saturated rings. The largest absolute Gasteiger partial charge is 0.381 e. The number of nitrogens with zero attached hydrogens (tertiary/aromatic N) is 3. The summed E-state index contributed by atoms with van der Waals surface area (Å²) in [5, 5.41) is 0. The summed E-state index contributed by atoms with van der Waals surface area (Å²) in [6.45, 7) is 9.10. The summed E-state index contributed by atoms with van der Waals surface area (Å²) in [5.74, 6) is 0.405. The van der Waals surface area contributed by atoms with Crippen LogP contribution in [0.1, 0.15) is 19.3 Å². The highest BCUT2D eigenvalue weighted by molar-refractivity contribution is 5.79. The average Bonchev–Trinajstić information content (AvgIpc) is 3.04. The van der Waals surface area contributed by atoms with Gasteiger partial charge in [-0.1, -0.05) is 0 Å². The average molecular weight is 339 g/mol. The zero-order chi connectivity index (χ0) is 17.0. The molecule has 6 heteroatoms. The van der Waals surface area contributed by atoms with Crippen molar-refractivity contribution in [3.05, 3.63) is 0 Å². The van der Waals surface area contributed by atoms with E-state index in [4.69, 9.17) is 9.47 Å². The van der Waals surface area contributed by atoms with E-state index in [1.54, 1.807) is 0 Å². The Kier molecular flexibility index (Phi) is 6.13. The molecule has 0 saturated carbocycles. The lowest BCUT2D eigenvalue weighted by Crippen LogP contribution is -2.50. The predicted octanol–water partition coefficient (Wildman–Crippen LogP) is 0.526. The molecule has 6 nitrogen and oxygen atoms in total. The number of hydrogen-bond donors (Lipinski definition) is 0. The van der Waals surface area contributed by atoms with E-state index in [0.717, 1.165) is 78.4 Å². The van der Waals surface area contributed by atoms with Gasteiger partial charge in [0.25, 0.3) is 0 Å². The van der Waals surface area contributed by atoms with Crippen LogP contribution in [-0.4, -0.2) is 100 Å². The molecule has 3 saturated heterocycles. The van der Waals surface area contributed by atoms with Crippen molar-refractivity contribution in [3.63, 3.8) is 0 Å². The SMILES string of the molecule is CN(C)CCN1CCOCC2(CCN(C(=O)[C@H]3CCOC3)CC2)C1. The Morgan fingerprint density at radius 3 is 2.62 bits per heavy atom. The monoisotopic (exact) mass is 339 g/mol. The highest BCUT2D eigenvalue weighted by Crippen LogP contribution is 2.35. The van der Waals surface area contributed by atoms with Crippen molar-refractivity contribution >= 4 is 5.91 Å². The van der Waals surface area contributed by atoms with Crippen LogP contribution in [0.2, 0.25) is 0 Å². The molecule has 3 aliphatic heterocycles. The minimum absolute atomic E-state index is 0.0982. The Morgan fingerprint density at radius 2 is 1.96 bits per heavy atom. The first-order chi connectivity index (χ1) is 11.6. The number of likely N-dealkylation sites (tertiary alicyclic amines) is 1. The Morgan fingerprint density at radius 1 is 1.17 bits per heavy atom. The van der Waals surface area contributed by atoms with Crippen LogP contribution in [0.15, 0.2) is 0 Å². The van der Waals surface area contributed by atoms with E-state index >= 15 is 0 Å². The first-order valence-corrected chi connectivity index (χ1v) is 9.39. The summed E-state index contributed by atoms with van der Waals surface area (Å²) < 4.78 is 11.3. The molecule has 0 radical (unpaired) electrons. The van der Waals surface area contributed by atoms with E-state index in [1.165, 1.54) is 0 Å². The summed E-state index contributed by atoms with van der Waals surface area (Å²) in [5.41, 5.74) is 0.228. The fourth-order valence-corrected chi connectivity index (χ4v) is 4.11. The normalized spacial score (nSPS) is 28.5. The van der Waals surface area contributed by atoms with Gasteiger partial charge in [-0.3, -0.25) is 9.69 Å². The molecule has 0 aromatic carbocycles. The maximum atomic E-state index is 12.6. The van der Waals surface area contributed by atoms with Crippen LogP contribution in [0, 0.1) is 11.3 Å². The van der Waals surface area contributed by atoms with Crippen LogP contribution in [0.25, 0.3) is 0 Å². The Bertz CT molecular complexity index is 416. The smallest absolute Gasteiger partial charge is 0.228 e. The van der Waals surface area contributed by atoms with Crippen molar-refractivity contribution in [2.45, 2.75) is 19.3 Å². The fourth-order valence-electron chi connectivity index (χ4n) is 4.11. The quantitative estimate of drug-likeness (QED) is 0.747. The lowest BCUT2D eigenvalue weighted by molar-refractivity contribution is -0.138. The standard InChI is InChI=1S/C18H33N3O3/c1-19(2)8-9-20-10-12-24-15-18(14-20)4-6-21(7-5-18)17(22)16-3-11-23-13-16/h16H,3-15H2,1-2H3/t16-/m0/s1. The first-order valence-electron chi connectivity index (χ1n) is 9.39. The third-order valence-corrected chi connectivity index (χ3v) is 5.80. The number of rotatable bonds is 4. The minimum atomic E-state index is 0.0982. The van der Waals surface area contributed by atoms with Crippen molar-refractivity contribution in [2.24, 2.45) is 11.3 Å². The molecule has 0 unspecified atom stereocenters. The number of carbonyl (C=O) groups excluding carboxylic acids is 1. The van der Waals surface area contributed by atoms with Crippen molar-refractivity contribution < 1.29 is 14.3 Å². The van der Waals surface area contributed by atoms with Crippen LogP contribution >= 0.6 is 0 Å². The van der Waals surface area contributed by atoms with E-state index in [1.807, 2.05) is 0 Å². The number of likely N-dealkylation sites (N-methyl/N-ethyl adjacent to an activating group) is 1. The molecule has 0 bridgehead atoms. The zero-order valence-corrected chi connectivity index (χ0v) is 15.3. The fraction of sp³-hybridized carbons (Fsp3) is 0.944. The second-order valence-electron chi connectivity index (χ2n) is 8.02. The van der Waals surface area contributed by atoms with Crippen molar-refractivity contribution in [3.8, 4) is 0 Å². The Balaban J connectivity index is 1.53. The minimum Gasteiger partial charge on any atom is -0.381 e. The van der Waals surface area contributed by atoms with Gasteiger partial charge >= 0.3 is 0 Å². The van der Waals surface area contributed by atoms with Gasteiger partial charge in [0, 0.05) is 51.3 Å². The summed E-state index contributed by atoms with van der Waals surface area (Å²) in [6, 6.07) is 0. The molecular formula is C18H33N3O3. The second kappa shape index (κ2) is 8.13. The molecule has 0 aromatic rings. The summed E-state index contributed by atoms with van der Waals surface area (Å²) in [6.07, 6.45) is 3.01. The molecule has 1 atom stereocenters. The molecule has 138 valence electrons. The van der Waals surface area contributed by atoms with Gasteiger partial charge in [-0.05, 0) is 33.4 Å². The molecule has 0 aliphatic carbocycles. The molecule has 3 heterocycles. The maximum absolute atomic E-state index is 12.6. The lowest BCUT2D eigenvalue weighted by Gasteiger charge is -2.43. The van der Waals surface area contributed by atoms with Gasteiger partial charge in [-0.2, -0.15) is 0 Å². The van der Waals surface area contributed by atoms with E-state index < -0.39 is 0 Å². The molecule has 0 aromatic heterocycles. The highest BCUT2D eigenvalue weighted by Gasteiger charge is 2.40. The van der Waals surface area contributed by atoms with Crippen LogP contribution in [0.4, 0.5) is 0 Å². The van der Waals surface area contributed by atoms with Crippen molar-refractivity contribution in [1.82, 2.24) is 14.7 Å². The Labute approximate surface area is 146 Å². The number of carbonyl (C=O) groups is 1. The van der Waals surface area contributed by atoms with Crippen LogP contribution < -0.4 is 0 Å². The Hall–Kier alpha value is -0.690. The summed E-state index contributed by atoms with van der Waals surface area (Å²) in [4.78, 5) is 19.4. The number of amides is 1. The van der Waals surface area contributed by atoms with Gasteiger partial charge in [-0.25, -0.2) is 0 Å². The van der Waals surface area contributed by atoms with Gasteiger partial charge < -0.3 is 19.3 Å². The number of piperidine rings is 1. The maximum Gasteiger partial charge on any atom is 0.228 e.